The van der Waals surface area contributed by atoms with Crippen LogP contribution in [0.1, 0.15) is 5.56 Å². The number of halogens is 1. The van der Waals surface area contributed by atoms with Gasteiger partial charge in [0.05, 0.1) is 16.2 Å². The van der Waals surface area contributed by atoms with Crippen molar-refractivity contribution in [1.29, 1.82) is 0 Å². The number of fused-ring (bicyclic) bond motifs is 2. The fourth-order valence-corrected chi connectivity index (χ4v) is 4.75. The lowest BCUT2D eigenvalue weighted by Crippen LogP contribution is -2.33. The average Bonchev–Trinajstić information content (AvgIpc) is 2.65. The van der Waals surface area contributed by atoms with E-state index in [0.717, 1.165) is 44.2 Å². The summed E-state index contributed by atoms with van der Waals surface area (Å²) < 4.78 is 13.9. The van der Waals surface area contributed by atoms with Crippen molar-refractivity contribution < 1.29 is 14.0 Å². The monoisotopic (exact) mass is 486 g/mol. The molecule has 0 bridgehead atoms. The van der Waals surface area contributed by atoms with Gasteiger partial charge in [-0.3, -0.25) is 0 Å². The zero-order valence-electron chi connectivity index (χ0n) is 14.1. The highest BCUT2D eigenvalue weighted by molar-refractivity contribution is 14.0. The van der Waals surface area contributed by atoms with Crippen molar-refractivity contribution in [2.45, 2.75) is 16.2 Å². The Morgan fingerprint density at radius 3 is 2.64 bits per heavy atom. The van der Waals surface area contributed by atoms with Gasteiger partial charge < -0.3 is 9.47 Å². The zero-order valence-corrected chi connectivity index (χ0v) is 18.0. The van der Waals surface area contributed by atoms with Gasteiger partial charge in [0.25, 0.3) is 0 Å². The molecule has 1 saturated heterocycles. The third-order valence-electron chi connectivity index (χ3n) is 4.25. The first-order valence-electron chi connectivity index (χ1n) is 8.13. The lowest BCUT2D eigenvalue weighted by Gasteiger charge is -2.20. The predicted octanol–water partition coefficient (Wildman–Crippen LogP) is 4.91. The van der Waals surface area contributed by atoms with Crippen LogP contribution in [0.15, 0.2) is 52.3 Å². The van der Waals surface area contributed by atoms with Gasteiger partial charge in [-0.25, -0.2) is 4.58 Å². The summed E-state index contributed by atoms with van der Waals surface area (Å²) in [6.45, 7) is 3.64. The maximum Gasteiger partial charge on any atom is 0.214 e. The highest BCUT2D eigenvalue weighted by atomic mass is 127. The van der Waals surface area contributed by atoms with E-state index in [-0.39, 0.29) is 24.0 Å². The minimum Gasteiger partial charge on any atom is -0.455 e. The second kappa shape index (κ2) is 8.79. The molecule has 6 heteroatoms. The Bertz CT molecular complexity index is 787. The van der Waals surface area contributed by atoms with Gasteiger partial charge in [-0.1, -0.05) is 41.7 Å². The van der Waals surface area contributed by atoms with Crippen molar-refractivity contribution in [3.63, 3.8) is 0 Å². The van der Waals surface area contributed by atoms with Crippen LogP contribution in [0.5, 0.6) is 11.5 Å². The number of nitrogens with zero attached hydrogens (tertiary/aromatic N) is 1. The Morgan fingerprint density at radius 2 is 1.84 bits per heavy atom. The fraction of sp³-hybridized carbons (Fsp3) is 0.316. The maximum absolute atomic E-state index is 6.02. The molecule has 4 rings (SSSR count). The summed E-state index contributed by atoms with van der Waals surface area (Å²) in [6.07, 6.45) is 3.13. The van der Waals surface area contributed by atoms with Crippen LogP contribution < -0.4 is 4.74 Å². The highest BCUT2D eigenvalue weighted by Crippen LogP contribution is 2.47. The van der Waals surface area contributed by atoms with Crippen LogP contribution in [-0.2, 0) is 11.2 Å². The molecule has 2 aliphatic heterocycles. The van der Waals surface area contributed by atoms with Gasteiger partial charge >= 0.3 is 0 Å². The van der Waals surface area contributed by atoms with Crippen LogP contribution in [0.4, 0.5) is 0 Å². The molecule has 2 aromatic carbocycles. The van der Waals surface area contributed by atoms with E-state index in [2.05, 4.69) is 41.2 Å². The smallest absolute Gasteiger partial charge is 0.214 e. The molecule has 132 valence electrons. The Balaban J connectivity index is 0.00000182. The van der Waals surface area contributed by atoms with Crippen molar-refractivity contribution in [2.24, 2.45) is 0 Å². The number of benzene rings is 2. The number of hydrogen-bond donors (Lipinski definition) is 0. The summed E-state index contributed by atoms with van der Waals surface area (Å²) in [4.78, 5) is 2.39. The molecule has 0 radical (unpaired) electrons. The maximum atomic E-state index is 6.02. The fourth-order valence-electron chi connectivity index (χ4n) is 2.98. The summed E-state index contributed by atoms with van der Waals surface area (Å²) in [7, 11) is 0. The van der Waals surface area contributed by atoms with Crippen molar-refractivity contribution in [2.75, 3.05) is 32.6 Å². The zero-order chi connectivity index (χ0) is 16.4. The Kier molecular flexibility index (Phi) is 6.71. The van der Waals surface area contributed by atoms with Crippen LogP contribution in [0.25, 0.3) is 0 Å². The van der Waals surface area contributed by atoms with Crippen molar-refractivity contribution in [1.82, 2.24) is 0 Å². The number of para-hydroxylation sites is 1. The Labute approximate surface area is 174 Å². The summed E-state index contributed by atoms with van der Waals surface area (Å²) >= 11 is 3.64. The molecule has 2 aromatic rings. The lowest BCUT2D eigenvalue weighted by atomic mass is 10.1. The summed E-state index contributed by atoms with van der Waals surface area (Å²) in [5.74, 6) is 1.91. The first kappa shape index (κ1) is 19.1. The number of thioether (sulfide) groups is 1. The molecule has 0 spiro atoms. The van der Waals surface area contributed by atoms with Crippen molar-refractivity contribution in [3.05, 3.63) is 48.0 Å². The standard InChI is InChI=1S/C19H20NO2S2.HI/c1-23-19(20-8-10-21-11-9-20)13-14-6-7-16-18(12-14)24-17-5-3-2-4-15(17)22-16;/h2-7,12H,8-11,13H2,1H3;1H/q+1;. The van der Waals surface area contributed by atoms with Gasteiger partial charge in [0.1, 0.15) is 24.7 Å². The van der Waals surface area contributed by atoms with Gasteiger partial charge in [0.15, 0.2) is 13.1 Å². The van der Waals surface area contributed by atoms with Crippen molar-refractivity contribution >= 4 is 52.5 Å². The highest BCUT2D eigenvalue weighted by Gasteiger charge is 2.21. The summed E-state index contributed by atoms with van der Waals surface area (Å²) in [5.41, 5.74) is 1.33. The van der Waals surface area contributed by atoms with Crippen LogP contribution in [0, 0.1) is 0 Å². The first-order chi connectivity index (χ1) is 11.8. The number of rotatable bonds is 2. The molecule has 1 fully saturated rings. The molecule has 0 amide bonds. The van der Waals surface area contributed by atoms with E-state index in [1.165, 1.54) is 20.4 Å². The van der Waals surface area contributed by atoms with E-state index in [0.29, 0.717) is 0 Å². The molecule has 0 aliphatic carbocycles. The van der Waals surface area contributed by atoms with E-state index >= 15 is 0 Å². The van der Waals surface area contributed by atoms with E-state index in [9.17, 15) is 0 Å². The second-order valence-electron chi connectivity index (χ2n) is 5.81. The van der Waals surface area contributed by atoms with Crippen molar-refractivity contribution in [3.8, 4) is 11.5 Å². The van der Waals surface area contributed by atoms with Gasteiger partial charge in [0, 0.05) is 0 Å². The molecular formula is C19H21INO2S2+. The summed E-state index contributed by atoms with van der Waals surface area (Å²) in [6, 6.07) is 14.8. The minimum atomic E-state index is 0. The van der Waals surface area contributed by atoms with Crippen LogP contribution >= 0.6 is 47.5 Å². The number of morpholine rings is 1. The average molecular weight is 486 g/mol. The number of ether oxygens (including phenoxy) is 2. The van der Waals surface area contributed by atoms with E-state index in [1.54, 1.807) is 11.8 Å². The largest absolute Gasteiger partial charge is 0.455 e. The topological polar surface area (TPSA) is 21.5 Å². The predicted molar refractivity (Wildman–Crippen MR) is 116 cm³/mol. The van der Waals surface area contributed by atoms with Crippen LogP contribution in [0.3, 0.4) is 0 Å². The van der Waals surface area contributed by atoms with Gasteiger partial charge in [0.2, 0.25) is 5.04 Å². The molecule has 25 heavy (non-hydrogen) atoms. The van der Waals surface area contributed by atoms with Crippen LogP contribution in [0.2, 0.25) is 0 Å². The minimum absolute atomic E-state index is 0. The third-order valence-corrected chi connectivity index (χ3v) is 6.22. The quantitative estimate of drug-likeness (QED) is 0.292. The first-order valence-corrected chi connectivity index (χ1v) is 10.2. The van der Waals surface area contributed by atoms with Gasteiger partial charge in [-0.05, 0) is 36.1 Å². The third kappa shape index (κ3) is 4.35. The molecule has 2 aliphatic rings. The molecule has 0 aromatic heterocycles. The molecule has 3 nitrogen and oxygen atoms in total. The Hall–Kier alpha value is -0.700. The molecule has 0 N–H and O–H groups in total. The normalized spacial score (nSPS) is 15.5. The molecular weight excluding hydrogens is 465 g/mol. The van der Waals surface area contributed by atoms with Gasteiger partial charge in [-0.15, -0.1) is 24.0 Å². The van der Waals surface area contributed by atoms with E-state index in [1.807, 2.05) is 23.9 Å². The molecule has 0 atom stereocenters. The van der Waals surface area contributed by atoms with E-state index < -0.39 is 0 Å². The second-order valence-corrected chi connectivity index (χ2v) is 7.77. The summed E-state index contributed by atoms with van der Waals surface area (Å²) in [5, 5.41) is 1.42. The number of hydrogen-bond acceptors (Lipinski definition) is 4. The molecule has 0 saturated carbocycles. The van der Waals surface area contributed by atoms with Crippen LogP contribution in [-0.4, -0.2) is 42.2 Å². The SMILES string of the molecule is CSC(Cc1ccc2c(c1)Sc1ccccc1O2)=[N+]1CCOCC1.I. The van der Waals surface area contributed by atoms with Gasteiger partial charge in [-0.2, -0.15) is 0 Å². The Morgan fingerprint density at radius 1 is 1.08 bits per heavy atom. The molecule has 0 unspecified atom stereocenters. The lowest BCUT2D eigenvalue weighted by molar-refractivity contribution is -0.547. The van der Waals surface area contributed by atoms with E-state index in [4.69, 9.17) is 9.47 Å². The molecule has 2 heterocycles.